The van der Waals surface area contributed by atoms with Crippen LogP contribution in [0.1, 0.15) is 23.0 Å². The molecule has 0 bridgehead atoms. The summed E-state index contributed by atoms with van der Waals surface area (Å²) in [5.74, 6) is 0. The van der Waals surface area contributed by atoms with Gasteiger partial charge in [0.2, 0.25) is 0 Å². The van der Waals surface area contributed by atoms with Gasteiger partial charge in [0, 0.05) is 4.88 Å². The van der Waals surface area contributed by atoms with Crippen molar-refractivity contribution < 1.29 is 5.11 Å². The number of thiophene rings is 1. The van der Waals surface area contributed by atoms with Gasteiger partial charge < -0.3 is 5.11 Å². The van der Waals surface area contributed by atoms with E-state index in [1.807, 2.05) is 42.5 Å². The van der Waals surface area contributed by atoms with Crippen LogP contribution in [0.15, 0.2) is 42.5 Å². The van der Waals surface area contributed by atoms with Crippen LogP contribution >= 0.6 is 22.9 Å². The molecule has 0 aliphatic carbocycles. The van der Waals surface area contributed by atoms with Crippen molar-refractivity contribution in [2.45, 2.75) is 18.9 Å². The number of aliphatic hydroxyl groups excluding tert-OH is 1. The Balaban J connectivity index is 1.91. The lowest BCUT2D eigenvalue weighted by Crippen LogP contribution is -1.98. The Kier molecular flexibility index (Phi) is 3.99. The second-order valence-corrected chi connectivity index (χ2v) is 5.47. The predicted molar refractivity (Wildman–Crippen MR) is 69.1 cm³/mol. The molecule has 1 unspecified atom stereocenters. The Bertz CT molecular complexity index is 438. The van der Waals surface area contributed by atoms with Crippen LogP contribution in [0.3, 0.4) is 0 Å². The lowest BCUT2D eigenvalue weighted by Gasteiger charge is -2.09. The number of hydrogen-bond donors (Lipinski definition) is 1. The third-order valence-corrected chi connectivity index (χ3v) is 3.77. The topological polar surface area (TPSA) is 20.2 Å². The van der Waals surface area contributed by atoms with Crippen LogP contribution in [0, 0.1) is 0 Å². The van der Waals surface area contributed by atoms with Crippen LogP contribution in [-0.2, 0) is 6.42 Å². The highest BCUT2D eigenvalue weighted by molar-refractivity contribution is 7.16. The van der Waals surface area contributed by atoms with E-state index in [1.54, 1.807) is 11.3 Å². The Morgan fingerprint density at radius 3 is 2.50 bits per heavy atom. The van der Waals surface area contributed by atoms with Crippen LogP contribution in [0.25, 0.3) is 0 Å². The largest absolute Gasteiger partial charge is 0.388 e. The summed E-state index contributed by atoms with van der Waals surface area (Å²) in [5, 5.41) is 9.96. The van der Waals surface area contributed by atoms with E-state index in [0.717, 1.165) is 22.7 Å². The smallest absolute Gasteiger partial charge is 0.0931 e. The molecule has 0 fully saturated rings. The van der Waals surface area contributed by atoms with E-state index in [1.165, 1.54) is 4.88 Å². The van der Waals surface area contributed by atoms with E-state index in [0.29, 0.717) is 0 Å². The molecular formula is C13H13ClOS. The Labute approximate surface area is 104 Å². The van der Waals surface area contributed by atoms with Gasteiger partial charge in [0.25, 0.3) is 0 Å². The lowest BCUT2D eigenvalue weighted by molar-refractivity contribution is 0.168. The molecule has 1 aromatic carbocycles. The highest BCUT2D eigenvalue weighted by atomic mass is 35.5. The second-order valence-electron chi connectivity index (χ2n) is 3.67. The molecule has 1 nitrogen and oxygen atoms in total. The summed E-state index contributed by atoms with van der Waals surface area (Å²) in [6, 6.07) is 13.7. The fourth-order valence-corrected chi connectivity index (χ4v) is 2.71. The summed E-state index contributed by atoms with van der Waals surface area (Å²) in [5.41, 5.74) is 0.977. The molecule has 0 amide bonds. The molecule has 16 heavy (non-hydrogen) atoms. The molecule has 3 heteroatoms. The van der Waals surface area contributed by atoms with Crippen molar-refractivity contribution in [3.63, 3.8) is 0 Å². The Morgan fingerprint density at radius 2 is 1.88 bits per heavy atom. The Hall–Kier alpha value is -0.830. The van der Waals surface area contributed by atoms with Crippen LogP contribution in [-0.4, -0.2) is 5.11 Å². The summed E-state index contributed by atoms with van der Waals surface area (Å²) in [4.78, 5) is 1.22. The zero-order valence-electron chi connectivity index (χ0n) is 8.77. The minimum Gasteiger partial charge on any atom is -0.388 e. The van der Waals surface area contributed by atoms with Gasteiger partial charge in [-0.15, -0.1) is 11.3 Å². The van der Waals surface area contributed by atoms with E-state index in [-0.39, 0.29) is 6.10 Å². The quantitative estimate of drug-likeness (QED) is 0.870. The van der Waals surface area contributed by atoms with Gasteiger partial charge in [-0.25, -0.2) is 0 Å². The van der Waals surface area contributed by atoms with E-state index in [4.69, 9.17) is 11.6 Å². The first kappa shape index (κ1) is 11.6. The zero-order chi connectivity index (χ0) is 11.4. The third kappa shape index (κ3) is 3.08. The van der Waals surface area contributed by atoms with Crippen LogP contribution in [0.4, 0.5) is 0 Å². The van der Waals surface area contributed by atoms with Crippen molar-refractivity contribution in [3.05, 3.63) is 57.2 Å². The molecule has 0 aliphatic heterocycles. The van der Waals surface area contributed by atoms with Gasteiger partial charge in [-0.05, 0) is 30.5 Å². The van der Waals surface area contributed by atoms with Crippen molar-refractivity contribution >= 4 is 22.9 Å². The first-order valence-electron chi connectivity index (χ1n) is 5.23. The highest BCUT2D eigenvalue weighted by Crippen LogP contribution is 2.25. The molecule has 1 N–H and O–H groups in total. The summed E-state index contributed by atoms with van der Waals surface area (Å²) in [7, 11) is 0. The molecule has 84 valence electrons. The van der Waals surface area contributed by atoms with Crippen LogP contribution in [0.5, 0.6) is 0 Å². The van der Waals surface area contributed by atoms with E-state index in [9.17, 15) is 5.11 Å². The number of aliphatic hydroxyl groups is 1. The van der Waals surface area contributed by atoms with Gasteiger partial charge in [0.05, 0.1) is 10.4 Å². The van der Waals surface area contributed by atoms with Gasteiger partial charge in [0.15, 0.2) is 0 Å². The van der Waals surface area contributed by atoms with Crippen LogP contribution in [0.2, 0.25) is 4.34 Å². The van der Waals surface area contributed by atoms with E-state index < -0.39 is 0 Å². The monoisotopic (exact) mass is 252 g/mol. The summed E-state index contributed by atoms with van der Waals surface area (Å²) < 4.78 is 0.809. The maximum Gasteiger partial charge on any atom is 0.0931 e. The standard InChI is InChI=1S/C13H13ClOS/c14-13-9-7-11(16-13)6-8-12(15)10-4-2-1-3-5-10/h1-5,7,9,12,15H,6,8H2. The summed E-state index contributed by atoms with van der Waals surface area (Å²) in [6.45, 7) is 0. The predicted octanol–water partition coefficient (Wildman–Crippen LogP) is 4.07. The van der Waals surface area contributed by atoms with Crippen molar-refractivity contribution in [1.29, 1.82) is 0 Å². The molecule has 0 saturated heterocycles. The van der Waals surface area contributed by atoms with Gasteiger partial charge >= 0.3 is 0 Å². The van der Waals surface area contributed by atoms with Gasteiger partial charge in [-0.1, -0.05) is 41.9 Å². The van der Waals surface area contributed by atoms with Crippen molar-refractivity contribution in [2.75, 3.05) is 0 Å². The van der Waals surface area contributed by atoms with Crippen molar-refractivity contribution in [3.8, 4) is 0 Å². The summed E-state index contributed by atoms with van der Waals surface area (Å²) in [6.07, 6.45) is 1.22. The second kappa shape index (κ2) is 5.48. The fourth-order valence-electron chi connectivity index (χ4n) is 1.61. The lowest BCUT2D eigenvalue weighted by atomic mass is 10.0. The van der Waals surface area contributed by atoms with Gasteiger partial charge in [-0.2, -0.15) is 0 Å². The summed E-state index contributed by atoms with van der Waals surface area (Å²) >= 11 is 7.43. The van der Waals surface area contributed by atoms with Crippen molar-refractivity contribution in [2.24, 2.45) is 0 Å². The van der Waals surface area contributed by atoms with Gasteiger partial charge in [-0.3, -0.25) is 0 Å². The average molecular weight is 253 g/mol. The molecule has 0 radical (unpaired) electrons. The first-order valence-corrected chi connectivity index (χ1v) is 6.42. The number of hydrogen-bond acceptors (Lipinski definition) is 2. The maximum atomic E-state index is 9.96. The minimum absolute atomic E-state index is 0.387. The molecule has 0 aliphatic rings. The molecular weight excluding hydrogens is 240 g/mol. The fraction of sp³-hybridized carbons (Fsp3) is 0.231. The first-order chi connectivity index (χ1) is 7.75. The number of benzene rings is 1. The third-order valence-electron chi connectivity index (χ3n) is 2.48. The number of aryl methyl sites for hydroxylation is 1. The highest BCUT2D eigenvalue weighted by Gasteiger charge is 2.07. The minimum atomic E-state index is -0.387. The van der Waals surface area contributed by atoms with Crippen LogP contribution < -0.4 is 0 Å². The molecule has 1 heterocycles. The normalized spacial score (nSPS) is 12.6. The van der Waals surface area contributed by atoms with Crippen molar-refractivity contribution in [1.82, 2.24) is 0 Å². The zero-order valence-corrected chi connectivity index (χ0v) is 10.3. The average Bonchev–Trinajstić information content (AvgIpc) is 2.73. The molecule has 1 aromatic heterocycles. The maximum absolute atomic E-state index is 9.96. The van der Waals surface area contributed by atoms with E-state index in [2.05, 4.69) is 0 Å². The van der Waals surface area contributed by atoms with Gasteiger partial charge in [0.1, 0.15) is 0 Å². The molecule has 1 atom stereocenters. The SMILES string of the molecule is OC(CCc1ccc(Cl)s1)c1ccccc1. The molecule has 2 rings (SSSR count). The van der Waals surface area contributed by atoms with E-state index >= 15 is 0 Å². The number of halogens is 1. The molecule has 0 spiro atoms. The molecule has 2 aromatic rings. The Morgan fingerprint density at radius 1 is 1.12 bits per heavy atom. The molecule has 0 saturated carbocycles. The number of rotatable bonds is 4.